The summed E-state index contributed by atoms with van der Waals surface area (Å²) in [4.78, 5) is 36.9. The molecule has 0 N–H and O–H groups in total. The average molecular weight is 786 g/mol. The molecule has 2 atom stereocenters. The van der Waals surface area contributed by atoms with Crippen LogP contribution in [0.15, 0.2) is 60.8 Å². The molecule has 0 aromatic carbocycles. The second-order valence-electron chi connectivity index (χ2n) is 15.9. The van der Waals surface area contributed by atoms with Crippen molar-refractivity contribution in [3.63, 3.8) is 0 Å². The molecule has 0 aliphatic rings. The molecule has 0 bridgehead atoms. The fraction of sp³-hybridized carbons (Fsp3) is 0.729. The van der Waals surface area contributed by atoms with E-state index in [1.807, 2.05) is 0 Å². The van der Waals surface area contributed by atoms with Crippen LogP contribution in [0.2, 0.25) is 0 Å². The molecule has 56 heavy (non-hydrogen) atoms. The molecule has 0 rings (SSSR count). The second-order valence-corrected chi connectivity index (χ2v) is 15.9. The molecule has 0 saturated carbocycles. The van der Waals surface area contributed by atoms with E-state index in [2.05, 4.69) is 74.6 Å². The molecule has 322 valence electrons. The van der Waals surface area contributed by atoms with Crippen LogP contribution in [0, 0.1) is 0 Å². The third kappa shape index (κ3) is 36.7. The average Bonchev–Trinajstić information content (AvgIpc) is 3.15. The Kier molecular flexibility index (Phi) is 36.8. The van der Waals surface area contributed by atoms with Gasteiger partial charge in [0.05, 0.1) is 40.3 Å². The monoisotopic (exact) mass is 786 g/mol. The highest BCUT2D eigenvalue weighted by Crippen LogP contribution is 2.13. The number of nitrogens with zero attached hydrogens (tertiary/aromatic N) is 1. The minimum absolute atomic E-state index is 0.0289. The fourth-order valence-electron chi connectivity index (χ4n) is 6.17. The molecule has 0 radical (unpaired) electrons. The van der Waals surface area contributed by atoms with Crippen LogP contribution in [0.3, 0.4) is 0 Å². The number of esters is 2. The minimum Gasteiger partial charge on any atom is -0.544 e. The molecule has 0 aromatic rings. The van der Waals surface area contributed by atoms with Crippen LogP contribution in [0.1, 0.15) is 174 Å². The van der Waals surface area contributed by atoms with E-state index in [0.717, 1.165) is 89.9 Å². The predicted octanol–water partition coefficient (Wildman–Crippen LogP) is 10.9. The summed E-state index contributed by atoms with van der Waals surface area (Å²) in [5.74, 6) is -1.77. The lowest BCUT2D eigenvalue weighted by Gasteiger charge is -2.34. The molecule has 8 nitrogen and oxygen atoms in total. The van der Waals surface area contributed by atoms with Gasteiger partial charge in [-0.15, -0.1) is 0 Å². The first-order valence-electron chi connectivity index (χ1n) is 22.3. The third-order valence-electron chi connectivity index (χ3n) is 9.64. The van der Waals surface area contributed by atoms with Gasteiger partial charge in [0, 0.05) is 19.3 Å². The van der Waals surface area contributed by atoms with Gasteiger partial charge >= 0.3 is 11.9 Å². The number of allylic oxidation sites excluding steroid dienone is 10. The molecule has 0 heterocycles. The number of carboxylic acid groups (broad SMARTS) is 1. The molecule has 0 aliphatic carbocycles. The maximum atomic E-state index is 12.7. The first kappa shape index (κ1) is 53.0. The first-order valence-corrected chi connectivity index (χ1v) is 22.3. The molecule has 0 aromatic heterocycles. The number of quaternary nitrogens is 1. The van der Waals surface area contributed by atoms with Crippen molar-refractivity contribution < 1.29 is 38.2 Å². The molecular weight excluding hydrogens is 703 g/mol. The number of rotatable bonds is 39. The summed E-state index contributed by atoms with van der Waals surface area (Å²) in [6, 6.07) is -0.732. The van der Waals surface area contributed by atoms with Gasteiger partial charge < -0.3 is 28.6 Å². The zero-order chi connectivity index (χ0) is 41.4. The number of unbranched alkanes of at least 4 members (excludes halogenated alkanes) is 15. The van der Waals surface area contributed by atoms with E-state index in [-0.39, 0.29) is 42.7 Å². The van der Waals surface area contributed by atoms with Gasteiger partial charge in [0.2, 0.25) is 0 Å². The van der Waals surface area contributed by atoms with E-state index >= 15 is 0 Å². The van der Waals surface area contributed by atoms with Gasteiger partial charge in [-0.25, -0.2) is 0 Å². The summed E-state index contributed by atoms with van der Waals surface area (Å²) in [6.07, 6.45) is 46.7. The first-order chi connectivity index (χ1) is 27.1. The number of aliphatic carboxylic acids is 1. The zero-order valence-electron chi connectivity index (χ0n) is 36.5. The van der Waals surface area contributed by atoms with E-state index in [1.54, 1.807) is 21.1 Å². The highest BCUT2D eigenvalue weighted by atomic mass is 16.6. The highest BCUT2D eigenvalue weighted by Gasteiger charge is 2.25. The molecule has 0 spiro atoms. The number of hydrogen-bond donors (Lipinski definition) is 0. The summed E-state index contributed by atoms with van der Waals surface area (Å²) in [5.41, 5.74) is 0. The Morgan fingerprint density at radius 1 is 0.554 bits per heavy atom. The van der Waals surface area contributed by atoms with Crippen LogP contribution in [-0.4, -0.2) is 75.5 Å². The maximum Gasteiger partial charge on any atom is 0.306 e. The van der Waals surface area contributed by atoms with Crippen molar-refractivity contribution in [3.05, 3.63) is 60.8 Å². The van der Waals surface area contributed by atoms with Gasteiger partial charge in [-0.2, -0.15) is 0 Å². The SMILES string of the molecule is CC/C=C\C/C=C\C/C=C\CCCCCCCC(=O)OC(COCCC(C(=O)[O-])[N+](C)(C)C)COC(=O)CCCCCCCCC/C=C\C/C=C\CCCCC. The van der Waals surface area contributed by atoms with Crippen molar-refractivity contribution in [2.24, 2.45) is 0 Å². The summed E-state index contributed by atoms with van der Waals surface area (Å²) in [7, 11) is 5.39. The van der Waals surface area contributed by atoms with E-state index < -0.39 is 18.1 Å². The van der Waals surface area contributed by atoms with E-state index in [0.29, 0.717) is 12.8 Å². The van der Waals surface area contributed by atoms with E-state index in [9.17, 15) is 19.5 Å². The Bertz CT molecular complexity index is 1100. The topological polar surface area (TPSA) is 102 Å². The minimum atomic E-state index is -1.13. The van der Waals surface area contributed by atoms with Crippen LogP contribution in [-0.2, 0) is 28.6 Å². The van der Waals surface area contributed by atoms with Gasteiger partial charge in [-0.1, -0.05) is 139 Å². The quantitative estimate of drug-likeness (QED) is 0.0265. The highest BCUT2D eigenvalue weighted by molar-refractivity contribution is 5.70. The summed E-state index contributed by atoms with van der Waals surface area (Å²) in [6.45, 7) is 4.49. The number of carbonyl (C=O) groups is 3. The van der Waals surface area contributed by atoms with Crippen molar-refractivity contribution in [2.45, 2.75) is 187 Å². The van der Waals surface area contributed by atoms with Crippen molar-refractivity contribution in [3.8, 4) is 0 Å². The molecule has 0 saturated heterocycles. The van der Waals surface area contributed by atoms with E-state index in [1.165, 1.54) is 51.4 Å². The molecule has 0 aliphatic heterocycles. The Hall–Kier alpha value is -2.97. The number of ether oxygens (including phenoxy) is 3. The maximum absolute atomic E-state index is 12.7. The number of hydrogen-bond acceptors (Lipinski definition) is 7. The number of carboxylic acids is 1. The summed E-state index contributed by atoms with van der Waals surface area (Å²) >= 11 is 0. The van der Waals surface area contributed by atoms with Crippen LogP contribution >= 0.6 is 0 Å². The van der Waals surface area contributed by atoms with Crippen molar-refractivity contribution in [2.75, 3.05) is 41.0 Å². The largest absolute Gasteiger partial charge is 0.544 e. The lowest BCUT2D eigenvalue weighted by Crippen LogP contribution is -2.55. The predicted molar refractivity (Wildman–Crippen MR) is 231 cm³/mol. The lowest BCUT2D eigenvalue weighted by molar-refractivity contribution is -0.889. The Morgan fingerprint density at radius 2 is 1.00 bits per heavy atom. The van der Waals surface area contributed by atoms with Crippen LogP contribution in [0.25, 0.3) is 0 Å². The van der Waals surface area contributed by atoms with Crippen LogP contribution in [0.5, 0.6) is 0 Å². The van der Waals surface area contributed by atoms with Crippen LogP contribution in [0.4, 0.5) is 0 Å². The van der Waals surface area contributed by atoms with Gasteiger partial charge in [-0.3, -0.25) is 9.59 Å². The molecule has 0 fully saturated rings. The molecule has 0 amide bonds. The second kappa shape index (κ2) is 38.9. The molecule has 8 heteroatoms. The van der Waals surface area contributed by atoms with Crippen LogP contribution < -0.4 is 5.11 Å². The summed E-state index contributed by atoms with van der Waals surface area (Å²) in [5, 5.41) is 11.6. The fourth-order valence-corrected chi connectivity index (χ4v) is 6.17. The zero-order valence-corrected chi connectivity index (χ0v) is 36.5. The van der Waals surface area contributed by atoms with Crippen molar-refractivity contribution in [1.29, 1.82) is 0 Å². The smallest absolute Gasteiger partial charge is 0.306 e. The Balaban J connectivity index is 4.38. The van der Waals surface area contributed by atoms with Crippen molar-refractivity contribution in [1.82, 2.24) is 0 Å². The standard InChI is InChI=1S/C48H83NO7/c1-6-8-10-12-14-16-18-20-22-23-25-26-28-30-32-34-36-38-46(50)55-43-44(42-54-41-40-45(48(52)53)49(3,4)5)56-47(51)39-37-35-33-31-29-27-24-21-19-17-15-13-11-9-7-2/h9,11,14-17,20-22,24,44-45H,6-8,10,12-13,18-19,23,25-43H2,1-5H3/b11-9-,16-14-,17-15-,22-20-,24-21-. The Morgan fingerprint density at radius 3 is 1.48 bits per heavy atom. The Labute approximate surface area is 343 Å². The number of carbonyl (C=O) groups excluding carboxylic acids is 3. The normalized spacial score (nSPS) is 13.5. The van der Waals surface area contributed by atoms with Crippen molar-refractivity contribution >= 4 is 17.9 Å². The lowest BCUT2D eigenvalue weighted by atomic mass is 10.1. The number of likely N-dealkylation sites (N-methyl/N-ethyl adjacent to an activating group) is 1. The molecule has 2 unspecified atom stereocenters. The summed E-state index contributed by atoms with van der Waals surface area (Å²) < 4.78 is 17.1. The van der Waals surface area contributed by atoms with Gasteiger partial charge in [0.25, 0.3) is 0 Å². The van der Waals surface area contributed by atoms with E-state index in [4.69, 9.17) is 14.2 Å². The van der Waals surface area contributed by atoms with Gasteiger partial charge in [-0.05, 0) is 77.0 Å². The van der Waals surface area contributed by atoms with Gasteiger partial charge in [0.1, 0.15) is 12.6 Å². The van der Waals surface area contributed by atoms with Gasteiger partial charge in [0.15, 0.2) is 6.10 Å². The molecular formula is C48H83NO7. The third-order valence-corrected chi connectivity index (χ3v) is 9.64.